The molecule has 1 aromatic heterocycles. The van der Waals surface area contributed by atoms with Gasteiger partial charge in [-0.1, -0.05) is 28.1 Å². The number of hydrogen-bond acceptors (Lipinski definition) is 1. The highest BCUT2D eigenvalue weighted by atomic mass is 79.9. The smallest absolute Gasteiger partial charge is 0.174 e. The van der Waals surface area contributed by atoms with Crippen LogP contribution in [0.2, 0.25) is 0 Å². The summed E-state index contributed by atoms with van der Waals surface area (Å²) in [5, 5.41) is 0. The first-order valence-corrected chi connectivity index (χ1v) is 4.32. The lowest BCUT2D eigenvalue weighted by molar-refractivity contribution is 1.29. The lowest BCUT2D eigenvalue weighted by Gasteiger charge is -1.96. The molecule has 0 amide bonds. The molecular formula is C9H6BrN2. The maximum absolute atomic E-state index is 3.83. The summed E-state index contributed by atoms with van der Waals surface area (Å²) < 4.78 is 1.06. The Kier molecular flexibility index (Phi) is 1.96. The molecule has 1 aromatic carbocycles. The van der Waals surface area contributed by atoms with Crippen molar-refractivity contribution in [3.63, 3.8) is 0 Å². The lowest BCUT2D eigenvalue weighted by Crippen LogP contribution is -1.75. The molecule has 0 aliphatic heterocycles. The minimum absolute atomic E-state index is 0.983. The molecule has 2 aromatic rings. The number of halogens is 1. The van der Waals surface area contributed by atoms with E-state index in [1.54, 1.807) is 6.20 Å². The van der Waals surface area contributed by atoms with Gasteiger partial charge in [-0.3, -0.25) is 0 Å². The molecule has 1 radical (unpaired) electrons. The number of aromatic amines is 1. The van der Waals surface area contributed by atoms with Crippen molar-refractivity contribution in [3.05, 3.63) is 41.3 Å². The van der Waals surface area contributed by atoms with Crippen molar-refractivity contribution < 1.29 is 0 Å². The molecule has 59 valence electrons. The molecule has 0 bridgehead atoms. The van der Waals surface area contributed by atoms with Gasteiger partial charge in [0, 0.05) is 10.0 Å². The minimum Gasteiger partial charge on any atom is -0.335 e. The Morgan fingerprint density at radius 1 is 1.42 bits per heavy atom. The number of nitrogens with zero attached hydrogens (tertiary/aromatic N) is 1. The van der Waals surface area contributed by atoms with E-state index in [9.17, 15) is 0 Å². The van der Waals surface area contributed by atoms with Crippen LogP contribution in [-0.2, 0) is 0 Å². The molecule has 0 fully saturated rings. The second kappa shape index (κ2) is 3.11. The Morgan fingerprint density at radius 2 is 2.33 bits per heavy atom. The third kappa shape index (κ3) is 1.41. The molecule has 0 aliphatic carbocycles. The number of benzene rings is 1. The van der Waals surface area contributed by atoms with Crippen LogP contribution in [0.3, 0.4) is 0 Å². The Morgan fingerprint density at radius 3 is 3.00 bits per heavy atom. The first-order chi connectivity index (χ1) is 5.86. The molecule has 0 saturated heterocycles. The predicted molar refractivity (Wildman–Crippen MR) is 50.6 cm³/mol. The largest absolute Gasteiger partial charge is 0.335 e. The van der Waals surface area contributed by atoms with Crippen LogP contribution < -0.4 is 0 Å². The Bertz CT molecular complexity index is 368. The van der Waals surface area contributed by atoms with Crippen LogP contribution >= 0.6 is 15.9 Å². The van der Waals surface area contributed by atoms with E-state index in [1.807, 2.05) is 24.3 Å². The Hall–Kier alpha value is -1.09. The van der Waals surface area contributed by atoms with Crippen molar-refractivity contribution in [2.24, 2.45) is 0 Å². The average molecular weight is 222 g/mol. The number of nitrogens with one attached hydrogen (secondary N) is 1. The summed E-state index contributed by atoms with van der Waals surface area (Å²) in [6, 6.07) is 8.03. The molecule has 1 N–H and O–H groups in total. The second-order valence-electron chi connectivity index (χ2n) is 2.42. The fraction of sp³-hybridized carbons (Fsp3) is 0. The standard InChI is InChI=1S/C9H6BrN2/c10-8-3-1-2-7(4-8)9-5-11-6-12-9/h1-5H,(H,11,12). The number of imidazole rings is 1. The van der Waals surface area contributed by atoms with Gasteiger partial charge in [0.15, 0.2) is 6.33 Å². The number of hydrogen-bond donors (Lipinski definition) is 1. The molecule has 0 unspecified atom stereocenters. The summed E-state index contributed by atoms with van der Waals surface area (Å²) in [6.07, 6.45) is 4.41. The highest BCUT2D eigenvalue weighted by Gasteiger charge is 1.97. The van der Waals surface area contributed by atoms with E-state index in [-0.39, 0.29) is 0 Å². The monoisotopic (exact) mass is 221 g/mol. The zero-order valence-corrected chi connectivity index (χ0v) is 7.80. The second-order valence-corrected chi connectivity index (χ2v) is 3.33. The van der Waals surface area contributed by atoms with E-state index < -0.39 is 0 Å². The summed E-state index contributed by atoms with van der Waals surface area (Å²) in [7, 11) is 0. The number of H-pyrrole nitrogens is 1. The summed E-state index contributed by atoms with van der Waals surface area (Å²) in [4.78, 5) is 6.76. The predicted octanol–water partition coefficient (Wildman–Crippen LogP) is 2.64. The van der Waals surface area contributed by atoms with Crippen molar-refractivity contribution in [1.29, 1.82) is 0 Å². The van der Waals surface area contributed by atoms with Gasteiger partial charge in [0.1, 0.15) is 0 Å². The normalized spacial score (nSPS) is 10.1. The highest BCUT2D eigenvalue weighted by molar-refractivity contribution is 9.10. The van der Waals surface area contributed by atoms with Gasteiger partial charge in [0.05, 0.1) is 11.9 Å². The fourth-order valence-electron chi connectivity index (χ4n) is 1.02. The van der Waals surface area contributed by atoms with E-state index in [1.165, 1.54) is 0 Å². The maximum Gasteiger partial charge on any atom is 0.174 e. The van der Waals surface area contributed by atoms with E-state index in [4.69, 9.17) is 0 Å². The van der Waals surface area contributed by atoms with E-state index in [0.29, 0.717) is 0 Å². The molecule has 1 heterocycles. The van der Waals surface area contributed by atoms with Crippen molar-refractivity contribution in [1.82, 2.24) is 9.97 Å². The van der Waals surface area contributed by atoms with Crippen LogP contribution in [-0.4, -0.2) is 9.97 Å². The van der Waals surface area contributed by atoms with Gasteiger partial charge in [0.25, 0.3) is 0 Å². The van der Waals surface area contributed by atoms with Gasteiger partial charge in [0.2, 0.25) is 0 Å². The van der Waals surface area contributed by atoms with E-state index in [0.717, 1.165) is 15.7 Å². The third-order valence-corrected chi connectivity index (χ3v) is 2.08. The molecule has 0 saturated carbocycles. The summed E-state index contributed by atoms with van der Waals surface area (Å²) in [6.45, 7) is 0. The molecule has 2 rings (SSSR count). The Labute approximate surface area is 78.8 Å². The molecule has 12 heavy (non-hydrogen) atoms. The van der Waals surface area contributed by atoms with Crippen molar-refractivity contribution >= 4 is 15.9 Å². The zero-order chi connectivity index (χ0) is 8.39. The van der Waals surface area contributed by atoms with Crippen LogP contribution in [0.15, 0.2) is 34.9 Å². The van der Waals surface area contributed by atoms with Gasteiger partial charge in [-0.05, 0) is 12.1 Å². The SMILES string of the molecule is Brc1cccc(-c2cn[c][nH]2)c1. The molecular weight excluding hydrogens is 216 g/mol. The summed E-state index contributed by atoms with van der Waals surface area (Å²) in [5.74, 6) is 0. The minimum atomic E-state index is 0.983. The van der Waals surface area contributed by atoms with E-state index >= 15 is 0 Å². The molecule has 0 atom stereocenters. The van der Waals surface area contributed by atoms with Crippen molar-refractivity contribution in [2.45, 2.75) is 0 Å². The lowest BCUT2D eigenvalue weighted by atomic mass is 10.2. The van der Waals surface area contributed by atoms with Gasteiger partial charge in [-0.25, -0.2) is 4.98 Å². The van der Waals surface area contributed by atoms with Crippen LogP contribution in [0.1, 0.15) is 0 Å². The molecule has 0 spiro atoms. The van der Waals surface area contributed by atoms with Crippen LogP contribution in [0, 0.1) is 6.33 Å². The first kappa shape index (κ1) is 7.55. The van der Waals surface area contributed by atoms with Gasteiger partial charge >= 0.3 is 0 Å². The van der Waals surface area contributed by atoms with Crippen LogP contribution in [0.25, 0.3) is 11.3 Å². The summed E-state index contributed by atoms with van der Waals surface area (Å²) in [5.41, 5.74) is 2.09. The van der Waals surface area contributed by atoms with Crippen LogP contribution in [0.5, 0.6) is 0 Å². The maximum atomic E-state index is 3.83. The van der Waals surface area contributed by atoms with Crippen molar-refractivity contribution in [3.8, 4) is 11.3 Å². The van der Waals surface area contributed by atoms with Crippen LogP contribution in [0.4, 0.5) is 0 Å². The fourth-order valence-corrected chi connectivity index (χ4v) is 1.42. The summed E-state index contributed by atoms with van der Waals surface area (Å²) >= 11 is 3.40. The van der Waals surface area contributed by atoms with Gasteiger partial charge in [-0.2, -0.15) is 0 Å². The van der Waals surface area contributed by atoms with Crippen molar-refractivity contribution in [2.75, 3.05) is 0 Å². The third-order valence-electron chi connectivity index (χ3n) is 1.58. The molecule has 2 nitrogen and oxygen atoms in total. The zero-order valence-electron chi connectivity index (χ0n) is 6.21. The first-order valence-electron chi connectivity index (χ1n) is 3.53. The van der Waals surface area contributed by atoms with Gasteiger partial charge in [-0.15, -0.1) is 0 Å². The van der Waals surface area contributed by atoms with E-state index in [2.05, 4.69) is 32.2 Å². The molecule has 0 aliphatic rings. The quantitative estimate of drug-likeness (QED) is 0.789. The topological polar surface area (TPSA) is 28.7 Å². The number of aromatic nitrogens is 2. The molecule has 3 heteroatoms. The highest BCUT2D eigenvalue weighted by Crippen LogP contribution is 2.19. The Balaban J connectivity index is 2.48. The number of rotatable bonds is 1. The average Bonchev–Trinajstić information content (AvgIpc) is 2.56. The van der Waals surface area contributed by atoms with Gasteiger partial charge < -0.3 is 4.98 Å².